The number of rotatable bonds is 4. The molecule has 0 saturated heterocycles. The molecule has 0 saturated carbocycles. The monoisotopic (exact) mass is 225 g/mol. The summed E-state index contributed by atoms with van der Waals surface area (Å²) in [5, 5.41) is 19.3. The average molecular weight is 225 g/mol. The molecule has 0 aromatic carbocycles. The summed E-state index contributed by atoms with van der Waals surface area (Å²) in [5.74, 6) is -0.571. The maximum Gasteiger partial charge on any atom is 0.308 e. The standard InChI is InChI=1S/C11H15NO4/c1-7-3-4-8(12-6-7)11(15)9(13)5-10(14)16-2/h3-4,6,9,11,13,15H,5H2,1-2H3. The minimum Gasteiger partial charge on any atom is -0.469 e. The summed E-state index contributed by atoms with van der Waals surface area (Å²) in [7, 11) is 1.23. The van der Waals surface area contributed by atoms with Crippen LogP contribution in [0, 0.1) is 6.92 Å². The number of esters is 1. The van der Waals surface area contributed by atoms with Gasteiger partial charge in [-0.1, -0.05) is 6.07 Å². The van der Waals surface area contributed by atoms with Crippen molar-refractivity contribution in [3.8, 4) is 0 Å². The van der Waals surface area contributed by atoms with Crippen molar-refractivity contribution in [1.82, 2.24) is 4.98 Å². The van der Waals surface area contributed by atoms with Crippen molar-refractivity contribution in [2.24, 2.45) is 0 Å². The maximum atomic E-state index is 10.9. The lowest BCUT2D eigenvalue weighted by molar-refractivity contribution is -0.144. The van der Waals surface area contributed by atoms with Crippen LogP contribution in [0.5, 0.6) is 0 Å². The zero-order valence-corrected chi connectivity index (χ0v) is 9.25. The quantitative estimate of drug-likeness (QED) is 0.723. The van der Waals surface area contributed by atoms with Crippen molar-refractivity contribution in [2.75, 3.05) is 7.11 Å². The fourth-order valence-electron chi connectivity index (χ4n) is 1.22. The molecule has 0 fully saturated rings. The maximum absolute atomic E-state index is 10.9. The van der Waals surface area contributed by atoms with E-state index in [-0.39, 0.29) is 6.42 Å². The van der Waals surface area contributed by atoms with Gasteiger partial charge in [0.2, 0.25) is 0 Å². The van der Waals surface area contributed by atoms with Gasteiger partial charge in [-0.3, -0.25) is 9.78 Å². The van der Waals surface area contributed by atoms with Crippen LogP contribution in [0.1, 0.15) is 23.8 Å². The highest BCUT2D eigenvalue weighted by atomic mass is 16.5. The number of carbonyl (C=O) groups excluding carboxylic acids is 1. The summed E-state index contributed by atoms with van der Waals surface area (Å²) in [4.78, 5) is 14.9. The molecule has 0 aliphatic rings. The van der Waals surface area contributed by atoms with Crippen LogP contribution in [-0.2, 0) is 9.53 Å². The molecule has 16 heavy (non-hydrogen) atoms. The smallest absolute Gasteiger partial charge is 0.308 e. The average Bonchev–Trinajstić information content (AvgIpc) is 2.28. The Morgan fingerprint density at radius 2 is 2.19 bits per heavy atom. The van der Waals surface area contributed by atoms with E-state index in [2.05, 4.69) is 9.72 Å². The first kappa shape index (κ1) is 12.6. The second-order valence-electron chi connectivity index (χ2n) is 3.55. The number of pyridine rings is 1. The van der Waals surface area contributed by atoms with Crippen LogP contribution < -0.4 is 0 Å². The molecule has 1 aromatic rings. The number of carbonyl (C=O) groups is 1. The number of aliphatic hydroxyl groups excluding tert-OH is 2. The van der Waals surface area contributed by atoms with Crippen LogP contribution in [-0.4, -0.2) is 34.4 Å². The molecular weight excluding hydrogens is 210 g/mol. The molecule has 0 aliphatic carbocycles. The predicted molar refractivity (Wildman–Crippen MR) is 56.6 cm³/mol. The molecule has 88 valence electrons. The van der Waals surface area contributed by atoms with Gasteiger partial charge in [-0.2, -0.15) is 0 Å². The SMILES string of the molecule is COC(=O)CC(O)C(O)c1ccc(C)cn1. The number of hydrogen-bond donors (Lipinski definition) is 2. The minimum atomic E-state index is -1.21. The molecule has 2 atom stereocenters. The van der Waals surface area contributed by atoms with Gasteiger partial charge in [-0.25, -0.2) is 0 Å². The molecule has 1 aromatic heterocycles. The van der Waals surface area contributed by atoms with Crippen LogP contribution in [0.4, 0.5) is 0 Å². The summed E-state index contributed by atoms with van der Waals surface area (Å²) in [5.41, 5.74) is 1.29. The van der Waals surface area contributed by atoms with Crippen molar-refractivity contribution in [3.63, 3.8) is 0 Å². The third-order valence-electron chi connectivity index (χ3n) is 2.21. The lowest BCUT2D eigenvalue weighted by Crippen LogP contribution is -2.23. The predicted octanol–water partition coefficient (Wildman–Crippen LogP) is 0.347. The van der Waals surface area contributed by atoms with E-state index in [0.29, 0.717) is 5.69 Å². The molecule has 0 bridgehead atoms. The topological polar surface area (TPSA) is 79.7 Å². The van der Waals surface area contributed by atoms with Crippen LogP contribution in [0.3, 0.4) is 0 Å². The van der Waals surface area contributed by atoms with E-state index in [0.717, 1.165) is 5.56 Å². The van der Waals surface area contributed by atoms with Gasteiger partial charge in [-0.05, 0) is 18.6 Å². The summed E-state index contributed by atoms with van der Waals surface area (Å²) in [6.45, 7) is 1.87. The molecule has 0 radical (unpaired) electrons. The second-order valence-corrected chi connectivity index (χ2v) is 3.55. The van der Waals surface area contributed by atoms with E-state index in [1.54, 1.807) is 18.3 Å². The number of aromatic nitrogens is 1. The Balaban J connectivity index is 2.66. The van der Waals surface area contributed by atoms with Gasteiger partial charge in [0, 0.05) is 6.20 Å². The fraction of sp³-hybridized carbons (Fsp3) is 0.455. The van der Waals surface area contributed by atoms with E-state index < -0.39 is 18.2 Å². The normalized spacial score (nSPS) is 14.2. The Bertz CT molecular complexity index is 350. The Morgan fingerprint density at radius 1 is 1.50 bits per heavy atom. The van der Waals surface area contributed by atoms with Crippen LogP contribution in [0.15, 0.2) is 18.3 Å². The lowest BCUT2D eigenvalue weighted by atomic mass is 10.1. The second kappa shape index (κ2) is 5.58. The molecule has 5 nitrogen and oxygen atoms in total. The third kappa shape index (κ3) is 3.29. The Kier molecular flexibility index (Phi) is 4.39. The summed E-state index contributed by atoms with van der Waals surface area (Å²) >= 11 is 0. The van der Waals surface area contributed by atoms with Gasteiger partial charge in [0.25, 0.3) is 0 Å². The first-order chi connectivity index (χ1) is 7.54. The Labute approximate surface area is 93.7 Å². The number of aliphatic hydroxyl groups is 2. The van der Waals surface area contributed by atoms with E-state index in [4.69, 9.17) is 0 Å². The van der Waals surface area contributed by atoms with Crippen molar-refractivity contribution in [2.45, 2.75) is 25.6 Å². The third-order valence-corrected chi connectivity index (χ3v) is 2.21. The van der Waals surface area contributed by atoms with Gasteiger partial charge in [-0.15, -0.1) is 0 Å². The van der Waals surface area contributed by atoms with Gasteiger partial charge in [0.15, 0.2) is 0 Å². The van der Waals surface area contributed by atoms with Gasteiger partial charge in [0.1, 0.15) is 6.10 Å². The number of hydrogen-bond acceptors (Lipinski definition) is 5. The van der Waals surface area contributed by atoms with E-state index in [1.165, 1.54) is 7.11 Å². The molecule has 0 spiro atoms. The number of methoxy groups -OCH3 is 1. The molecule has 0 aliphatic heterocycles. The summed E-state index contributed by atoms with van der Waals surface area (Å²) < 4.78 is 4.40. The van der Waals surface area contributed by atoms with E-state index in [9.17, 15) is 15.0 Å². The summed E-state index contributed by atoms with van der Waals surface area (Å²) in [6, 6.07) is 3.39. The molecule has 0 amide bonds. The van der Waals surface area contributed by atoms with Crippen molar-refractivity contribution < 1.29 is 19.7 Å². The Morgan fingerprint density at radius 3 is 2.69 bits per heavy atom. The number of aryl methyl sites for hydroxylation is 1. The van der Waals surface area contributed by atoms with Crippen molar-refractivity contribution in [3.05, 3.63) is 29.6 Å². The van der Waals surface area contributed by atoms with Crippen molar-refractivity contribution in [1.29, 1.82) is 0 Å². The first-order valence-electron chi connectivity index (χ1n) is 4.90. The number of ether oxygens (including phenoxy) is 1. The fourth-order valence-corrected chi connectivity index (χ4v) is 1.22. The molecule has 1 heterocycles. The first-order valence-corrected chi connectivity index (χ1v) is 4.90. The highest BCUT2D eigenvalue weighted by Crippen LogP contribution is 2.17. The zero-order valence-electron chi connectivity index (χ0n) is 9.25. The molecule has 5 heteroatoms. The molecule has 1 rings (SSSR count). The summed E-state index contributed by atoms with van der Waals surface area (Å²) in [6.07, 6.45) is -1.06. The van der Waals surface area contributed by atoms with Gasteiger partial charge >= 0.3 is 5.97 Å². The van der Waals surface area contributed by atoms with E-state index in [1.807, 2.05) is 6.92 Å². The van der Waals surface area contributed by atoms with Crippen LogP contribution >= 0.6 is 0 Å². The van der Waals surface area contributed by atoms with Gasteiger partial charge in [0.05, 0.1) is 25.3 Å². The molecule has 2 unspecified atom stereocenters. The van der Waals surface area contributed by atoms with Crippen LogP contribution in [0.2, 0.25) is 0 Å². The number of nitrogens with zero attached hydrogens (tertiary/aromatic N) is 1. The minimum absolute atomic E-state index is 0.257. The largest absolute Gasteiger partial charge is 0.469 e. The molecule has 2 N–H and O–H groups in total. The Hall–Kier alpha value is -1.46. The van der Waals surface area contributed by atoms with Gasteiger partial charge < -0.3 is 14.9 Å². The highest BCUT2D eigenvalue weighted by molar-refractivity contribution is 5.69. The van der Waals surface area contributed by atoms with E-state index >= 15 is 0 Å². The van der Waals surface area contributed by atoms with Crippen LogP contribution in [0.25, 0.3) is 0 Å². The zero-order chi connectivity index (χ0) is 12.1. The molecular formula is C11H15NO4. The van der Waals surface area contributed by atoms with Crippen molar-refractivity contribution >= 4 is 5.97 Å². The highest BCUT2D eigenvalue weighted by Gasteiger charge is 2.22. The lowest BCUT2D eigenvalue weighted by Gasteiger charge is -2.16.